The van der Waals surface area contributed by atoms with Crippen molar-refractivity contribution < 1.29 is 4.39 Å². The normalized spacial score (nSPS) is 18.5. The summed E-state index contributed by atoms with van der Waals surface area (Å²) in [6, 6.07) is 7.58. The third kappa shape index (κ3) is 2.26. The highest BCUT2D eigenvalue weighted by Crippen LogP contribution is 2.36. The van der Waals surface area contributed by atoms with Crippen LogP contribution in [0.2, 0.25) is 0 Å². The Labute approximate surface area is 116 Å². The quantitative estimate of drug-likeness (QED) is 0.910. The Morgan fingerprint density at radius 3 is 3.05 bits per heavy atom. The van der Waals surface area contributed by atoms with Crippen molar-refractivity contribution in [3.05, 3.63) is 51.5 Å². The SMILES string of the molecule is CC1c2ccsc2CCN1c1cc(F)cc(CN)c1. The Morgan fingerprint density at radius 2 is 2.26 bits per heavy atom. The zero-order valence-electron chi connectivity index (χ0n) is 10.9. The van der Waals surface area contributed by atoms with Crippen molar-refractivity contribution in [3.8, 4) is 0 Å². The van der Waals surface area contributed by atoms with Gasteiger partial charge in [-0.3, -0.25) is 0 Å². The highest BCUT2D eigenvalue weighted by Gasteiger charge is 2.25. The van der Waals surface area contributed by atoms with Crippen LogP contribution < -0.4 is 10.6 Å². The summed E-state index contributed by atoms with van der Waals surface area (Å²) in [6.07, 6.45) is 1.03. The molecule has 2 nitrogen and oxygen atoms in total. The highest BCUT2D eigenvalue weighted by molar-refractivity contribution is 7.10. The van der Waals surface area contributed by atoms with E-state index in [1.165, 1.54) is 16.5 Å². The van der Waals surface area contributed by atoms with E-state index in [-0.39, 0.29) is 5.82 Å². The van der Waals surface area contributed by atoms with Crippen molar-refractivity contribution in [2.45, 2.75) is 25.9 Å². The molecule has 2 N–H and O–H groups in total. The molecule has 0 saturated carbocycles. The van der Waals surface area contributed by atoms with Gasteiger partial charge in [-0.15, -0.1) is 11.3 Å². The topological polar surface area (TPSA) is 29.3 Å². The van der Waals surface area contributed by atoms with Crippen LogP contribution in [0.5, 0.6) is 0 Å². The molecule has 100 valence electrons. The second kappa shape index (κ2) is 4.94. The van der Waals surface area contributed by atoms with Crippen LogP contribution in [0.25, 0.3) is 0 Å². The van der Waals surface area contributed by atoms with E-state index in [2.05, 4.69) is 23.3 Å². The summed E-state index contributed by atoms with van der Waals surface area (Å²) >= 11 is 1.82. The van der Waals surface area contributed by atoms with Crippen molar-refractivity contribution in [1.29, 1.82) is 0 Å². The summed E-state index contributed by atoms with van der Waals surface area (Å²) in [5, 5.41) is 2.14. The first kappa shape index (κ1) is 12.6. The number of nitrogens with two attached hydrogens (primary N) is 1. The Bertz CT molecular complexity index is 594. The van der Waals surface area contributed by atoms with Gasteiger partial charge in [-0.2, -0.15) is 0 Å². The third-order valence-electron chi connectivity index (χ3n) is 3.79. The molecule has 3 rings (SSSR count). The van der Waals surface area contributed by atoms with Crippen LogP contribution in [0.4, 0.5) is 10.1 Å². The van der Waals surface area contributed by atoms with Gasteiger partial charge in [-0.05, 0) is 54.1 Å². The van der Waals surface area contributed by atoms with Gasteiger partial charge < -0.3 is 10.6 Å². The van der Waals surface area contributed by atoms with Gasteiger partial charge in [0.25, 0.3) is 0 Å². The molecule has 1 atom stereocenters. The predicted octanol–water partition coefficient (Wildman–Crippen LogP) is 3.47. The molecular weight excluding hydrogens is 259 g/mol. The number of thiophene rings is 1. The van der Waals surface area contributed by atoms with Crippen LogP contribution in [-0.2, 0) is 13.0 Å². The molecule has 0 fully saturated rings. The Balaban J connectivity index is 1.97. The molecule has 0 aliphatic carbocycles. The van der Waals surface area contributed by atoms with Crippen molar-refractivity contribution in [2.24, 2.45) is 5.73 Å². The van der Waals surface area contributed by atoms with Gasteiger partial charge >= 0.3 is 0 Å². The number of anilines is 1. The van der Waals surface area contributed by atoms with E-state index in [9.17, 15) is 4.39 Å². The second-order valence-corrected chi connectivity index (χ2v) is 5.94. The monoisotopic (exact) mass is 276 g/mol. The van der Waals surface area contributed by atoms with Crippen LogP contribution >= 0.6 is 11.3 Å². The Morgan fingerprint density at radius 1 is 1.42 bits per heavy atom. The number of nitrogens with zero attached hydrogens (tertiary/aromatic N) is 1. The van der Waals surface area contributed by atoms with E-state index in [0.29, 0.717) is 12.6 Å². The van der Waals surface area contributed by atoms with E-state index in [4.69, 9.17) is 5.73 Å². The van der Waals surface area contributed by atoms with Crippen LogP contribution in [0.3, 0.4) is 0 Å². The molecule has 0 amide bonds. The van der Waals surface area contributed by atoms with Gasteiger partial charge in [0, 0.05) is 23.7 Å². The molecule has 2 aromatic rings. The maximum absolute atomic E-state index is 13.7. The van der Waals surface area contributed by atoms with Gasteiger partial charge in [0.2, 0.25) is 0 Å². The molecule has 0 spiro atoms. The smallest absolute Gasteiger partial charge is 0.125 e. The number of hydrogen-bond donors (Lipinski definition) is 1. The minimum absolute atomic E-state index is 0.207. The predicted molar refractivity (Wildman–Crippen MR) is 78.1 cm³/mol. The van der Waals surface area contributed by atoms with E-state index in [1.54, 1.807) is 6.07 Å². The molecule has 1 aliphatic rings. The third-order valence-corrected chi connectivity index (χ3v) is 4.78. The van der Waals surface area contributed by atoms with Gasteiger partial charge in [-0.1, -0.05) is 0 Å². The van der Waals surface area contributed by atoms with Crippen LogP contribution in [-0.4, -0.2) is 6.54 Å². The zero-order valence-corrected chi connectivity index (χ0v) is 11.7. The number of benzene rings is 1. The maximum atomic E-state index is 13.7. The highest BCUT2D eigenvalue weighted by atomic mass is 32.1. The summed E-state index contributed by atoms with van der Waals surface area (Å²) < 4.78 is 13.7. The van der Waals surface area contributed by atoms with E-state index < -0.39 is 0 Å². The average molecular weight is 276 g/mol. The second-order valence-electron chi connectivity index (χ2n) is 4.94. The van der Waals surface area contributed by atoms with Gasteiger partial charge in [-0.25, -0.2) is 4.39 Å². The maximum Gasteiger partial charge on any atom is 0.125 e. The first-order valence-corrected chi connectivity index (χ1v) is 7.39. The first-order valence-electron chi connectivity index (χ1n) is 6.51. The average Bonchev–Trinajstić information content (AvgIpc) is 2.87. The van der Waals surface area contributed by atoms with Crippen LogP contribution in [0, 0.1) is 5.82 Å². The zero-order chi connectivity index (χ0) is 13.4. The molecule has 4 heteroatoms. The number of rotatable bonds is 2. The summed E-state index contributed by atoms with van der Waals surface area (Å²) in [7, 11) is 0. The molecule has 2 heterocycles. The summed E-state index contributed by atoms with van der Waals surface area (Å²) in [4.78, 5) is 3.72. The molecule has 19 heavy (non-hydrogen) atoms. The lowest BCUT2D eigenvalue weighted by Crippen LogP contribution is -2.33. The molecule has 0 radical (unpaired) electrons. The fraction of sp³-hybridized carbons (Fsp3) is 0.333. The van der Waals surface area contributed by atoms with Gasteiger partial charge in [0.15, 0.2) is 0 Å². The number of hydrogen-bond acceptors (Lipinski definition) is 3. The van der Waals surface area contributed by atoms with Crippen LogP contribution in [0.15, 0.2) is 29.6 Å². The minimum Gasteiger partial charge on any atom is -0.364 e. The molecular formula is C15H17FN2S. The first-order chi connectivity index (χ1) is 9.19. The number of fused-ring (bicyclic) bond motifs is 1. The van der Waals surface area contributed by atoms with E-state index in [0.717, 1.165) is 24.2 Å². The summed E-state index contributed by atoms with van der Waals surface area (Å²) in [6.45, 7) is 3.48. The van der Waals surface area contributed by atoms with E-state index >= 15 is 0 Å². The molecule has 1 aliphatic heterocycles. The molecule has 0 bridgehead atoms. The molecule has 1 aromatic carbocycles. The van der Waals surface area contributed by atoms with Crippen molar-refractivity contribution in [1.82, 2.24) is 0 Å². The van der Waals surface area contributed by atoms with Gasteiger partial charge in [0.05, 0.1) is 6.04 Å². The van der Waals surface area contributed by atoms with Crippen LogP contribution in [0.1, 0.15) is 29.0 Å². The van der Waals surface area contributed by atoms with Crippen molar-refractivity contribution >= 4 is 17.0 Å². The lowest BCUT2D eigenvalue weighted by molar-refractivity contribution is 0.609. The fourth-order valence-electron chi connectivity index (χ4n) is 2.78. The standard InChI is InChI=1S/C15H17FN2S/c1-10-14-3-5-19-15(14)2-4-18(10)13-7-11(9-17)6-12(16)8-13/h3,5-8,10H,2,4,9,17H2,1H3. The Kier molecular flexibility index (Phi) is 3.29. The van der Waals surface area contributed by atoms with E-state index in [1.807, 2.05) is 17.4 Å². The Hall–Kier alpha value is -1.39. The van der Waals surface area contributed by atoms with Gasteiger partial charge in [0.1, 0.15) is 5.82 Å². The molecule has 0 saturated heterocycles. The number of halogens is 1. The largest absolute Gasteiger partial charge is 0.364 e. The summed E-state index contributed by atoms with van der Waals surface area (Å²) in [5.41, 5.74) is 8.78. The van der Waals surface area contributed by atoms with Crippen molar-refractivity contribution in [3.63, 3.8) is 0 Å². The lowest BCUT2D eigenvalue weighted by Gasteiger charge is -2.35. The molecule has 1 aromatic heterocycles. The summed E-state index contributed by atoms with van der Waals surface area (Å²) in [5.74, 6) is -0.207. The fourth-order valence-corrected chi connectivity index (χ4v) is 3.74. The lowest BCUT2D eigenvalue weighted by atomic mass is 10.00. The van der Waals surface area contributed by atoms with Crippen molar-refractivity contribution in [2.75, 3.05) is 11.4 Å². The molecule has 1 unspecified atom stereocenters. The minimum atomic E-state index is -0.207.